The molecule has 8 nitrogen and oxygen atoms in total. The highest BCUT2D eigenvalue weighted by molar-refractivity contribution is 5.94. The van der Waals surface area contributed by atoms with E-state index in [4.69, 9.17) is 5.11 Å². The van der Waals surface area contributed by atoms with E-state index in [0.717, 1.165) is 11.4 Å². The third-order valence-electron chi connectivity index (χ3n) is 4.79. The van der Waals surface area contributed by atoms with Crippen LogP contribution >= 0.6 is 0 Å². The Bertz CT molecular complexity index is 872. The van der Waals surface area contributed by atoms with Crippen molar-refractivity contribution in [2.24, 2.45) is 5.92 Å². The van der Waals surface area contributed by atoms with E-state index >= 15 is 0 Å². The molecule has 0 radical (unpaired) electrons. The Morgan fingerprint density at radius 2 is 1.79 bits per heavy atom. The molecular weight excluding hydrogens is 360 g/mol. The smallest absolute Gasteiger partial charge is 0.307 e. The number of phenols is 1. The van der Waals surface area contributed by atoms with Crippen LogP contribution in [0.4, 0.5) is 11.6 Å². The van der Waals surface area contributed by atoms with Gasteiger partial charge in [0.1, 0.15) is 5.75 Å². The average molecular weight is 384 g/mol. The standard InChI is InChI=1S/C20H24N4O4/c1-12-9-13(2)22-20(21-12)24-7-5-15(6-8-24)19(28)23-16-10-14(11-18(26)27)3-4-17(16)25/h3-4,9-10,15,25H,5-8,11H2,1-2H3,(H,23,28)(H,26,27). The number of piperidine rings is 1. The van der Waals surface area contributed by atoms with Crippen LogP contribution in [0.1, 0.15) is 29.8 Å². The predicted molar refractivity (Wildman–Crippen MR) is 105 cm³/mol. The normalized spacial score (nSPS) is 14.7. The molecule has 1 aliphatic heterocycles. The van der Waals surface area contributed by atoms with E-state index in [1.54, 1.807) is 0 Å². The Morgan fingerprint density at radius 3 is 2.39 bits per heavy atom. The summed E-state index contributed by atoms with van der Waals surface area (Å²) in [6.07, 6.45) is 1.13. The number of carbonyl (C=O) groups is 2. The minimum absolute atomic E-state index is 0.0800. The number of anilines is 2. The van der Waals surface area contributed by atoms with Gasteiger partial charge in [0.15, 0.2) is 0 Å². The molecule has 3 rings (SSSR count). The highest BCUT2D eigenvalue weighted by Gasteiger charge is 2.27. The summed E-state index contributed by atoms with van der Waals surface area (Å²) in [6, 6.07) is 6.35. The monoisotopic (exact) mass is 384 g/mol. The van der Waals surface area contributed by atoms with E-state index in [9.17, 15) is 14.7 Å². The van der Waals surface area contributed by atoms with Gasteiger partial charge in [-0.05, 0) is 50.5 Å². The third kappa shape index (κ3) is 4.76. The quantitative estimate of drug-likeness (QED) is 0.677. The largest absolute Gasteiger partial charge is 0.506 e. The maximum absolute atomic E-state index is 12.6. The van der Waals surface area contributed by atoms with Crippen LogP contribution in [-0.4, -0.2) is 45.1 Å². The molecule has 1 fully saturated rings. The molecule has 1 aliphatic rings. The van der Waals surface area contributed by atoms with Gasteiger partial charge in [-0.1, -0.05) is 6.07 Å². The van der Waals surface area contributed by atoms with Gasteiger partial charge in [-0.25, -0.2) is 9.97 Å². The van der Waals surface area contributed by atoms with E-state index in [2.05, 4.69) is 20.2 Å². The third-order valence-corrected chi connectivity index (χ3v) is 4.79. The second kappa shape index (κ2) is 8.24. The molecule has 148 valence electrons. The zero-order valence-corrected chi connectivity index (χ0v) is 16.0. The van der Waals surface area contributed by atoms with Crippen molar-refractivity contribution in [2.75, 3.05) is 23.3 Å². The molecule has 0 unspecified atom stereocenters. The van der Waals surface area contributed by atoms with Crippen molar-refractivity contribution >= 4 is 23.5 Å². The number of nitrogens with zero attached hydrogens (tertiary/aromatic N) is 3. The van der Waals surface area contributed by atoms with Crippen molar-refractivity contribution in [3.8, 4) is 5.75 Å². The molecule has 2 heterocycles. The molecule has 1 saturated heterocycles. The summed E-state index contributed by atoms with van der Waals surface area (Å²) in [4.78, 5) is 34.5. The van der Waals surface area contributed by atoms with Gasteiger partial charge in [0, 0.05) is 30.4 Å². The highest BCUT2D eigenvalue weighted by atomic mass is 16.4. The number of hydrogen-bond donors (Lipinski definition) is 3. The molecular formula is C20H24N4O4. The number of rotatable bonds is 5. The number of phenolic OH excluding ortho intramolecular Hbond substituents is 1. The number of carboxylic acids is 1. The van der Waals surface area contributed by atoms with E-state index in [-0.39, 0.29) is 29.7 Å². The molecule has 3 N–H and O–H groups in total. The van der Waals surface area contributed by atoms with E-state index in [0.29, 0.717) is 37.4 Å². The molecule has 0 atom stereocenters. The van der Waals surface area contributed by atoms with Gasteiger partial charge in [0.05, 0.1) is 12.1 Å². The van der Waals surface area contributed by atoms with Crippen LogP contribution in [0, 0.1) is 19.8 Å². The average Bonchev–Trinajstić information content (AvgIpc) is 2.63. The van der Waals surface area contributed by atoms with Gasteiger partial charge in [0.25, 0.3) is 0 Å². The first-order valence-corrected chi connectivity index (χ1v) is 9.23. The van der Waals surface area contributed by atoms with Gasteiger partial charge in [-0.3, -0.25) is 9.59 Å². The maximum Gasteiger partial charge on any atom is 0.307 e. The highest BCUT2D eigenvalue weighted by Crippen LogP contribution is 2.27. The van der Waals surface area contributed by atoms with Gasteiger partial charge in [-0.15, -0.1) is 0 Å². The second-order valence-electron chi connectivity index (χ2n) is 7.12. The van der Waals surface area contributed by atoms with Crippen LogP contribution in [0.3, 0.4) is 0 Å². The van der Waals surface area contributed by atoms with Crippen molar-refractivity contribution in [1.82, 2.24) is 9.97 Å². The number of aromatic hydroxyl groups is 1. The topological polar surface area (TPSA) is 116 Å². The summed E-state index contributed by atoms with van der Waals surface area (Å²) in [7, 11) is 0. The van der Waals surface area contributed by atoms with Crippen molar-refractivity contribution in [3.63, 3.8) is 0 Å². The van der Waals surface area contributed by atoms with Crippen LogP contribution in [0.2, 0.25) is 0 Å². The Kier molecular flexibility index (Phi) is 5.77. The van der Waals surface area contributed by atoms with Gasteiger partial charge in [-0.2, -0.15) is 0 Å². The van der Waals surface area contributed by atoms with E-state index < -0.39 is 5.97 Å². The van der Waals surface area contributed by atoms with Crippen LogP contribution in [0.25, 0.3) is 0 Å². The van der Waals surface area contributed by atoms with Gasteiger partial charge >= 0.3 is 5.97 Å². The van der Waals surface area contributed by atoms with E-state index in [1.165, 1.54) is 18.2 Å². The second-order valence-corrected chi connectivity index (χ2v) is 7.12. The Labute approximate surface area is 163 Å². The lowest BCUT2D eigenvalue weighted by Crippen LogP contribution is -2.39. The number of carbonyl (C=O) groups excluding carboxylic acids is 1. The minimum Gasteiger partial charge on any atom is -0.506 e. The molecule has 0 saturated carbocycles. The zero-order chi connectivity index (χ0) is 20.3. The van der Waals surface area contributed by atoms with Crippen LogP contribution in [0.5, 0.6) is 5.75 Å². The van der Waals surface area contributed by atoms with Crippen LogP contribution in [-0.2, 0) is 16.0 Å². The Morgan fingerprint density at radius 1 is 1.14 bits per heavy atom. The fourth-order valence-corrected chi connectivity index (χ4v) is 3.39. The van der Waals surface area contributed by atoms with Gasteiger partial charge < -0.3 is 20.4 Å². The Hall–Kier alpha value is -3.16. The maximum atomic E-state index is 12.6. The lowest BCUT2D eigenvalue weighted by molar-refractivity contribution is -0.136. The predicted octanol–water partition coefficient (Wildman–Crippen LogP) is 2.28. The number of hydrogen-bond acceptors (Lipinski definition) is 6. The first-order chi connectivity index (χ1) is 13.3. The fourth-order valence-electron chi connectivity index (χ4n) is 3.39. The minimum atomic E-state index is -0.969. The number of carboxylic acid groups (broad SMARTS) is 1. The molecule has 8 heteroatoms. The summed E-state index contributed by atoms with van der Waals surface area (Å²) in [6.45, 7) is 5.21. The Balaban J connectivity index is 1.62. The molecule has 2 aromatic rings. The molecule has 0 spiro atoms. The summed E-state index contributed by atoms with van der Waals surface area (Å²) in [5.41, 5.74) is 2.59. The number of amides is 1. The van der Waals surface area contributed by atoms with E-state index in [1.807, 2.05) is 19.9 Å². The molecule has 1 amide bonds. The van der Waals surface area contributed by atoms with Crippen LogP contribution in [0.15, 0.2) is 24.3 Å². The molecule has 1 aromatic carbocycles. The first-order valence-electron chi connectivity index (χ1n) is 9.23. The molecule has 0 aliphatic carbocycles. The number of aromatic nitrogens is 2. The van der Waals surface area contributed by atoms with Gasteiger partial charge in [0.2, 0.25) is 11.9 Å². The van der Waals surface area contributed by atoms with Crippen molar-refractivity contribution in [1.29, 1.82) is 0 Å². The fraction of sp³-hybridized carbons (Fsp3) is 0.400. The first kappa shape index (κ1) is 19.6. The summed E-state index contributed by atoms with van der Waals surface area (Å²) in [5.74, 6) is -0.726. The SMILES string of the molecule is Cc1cc(C)nc(N2CCC(C(=O)Nc3cc(CC(=O)O)ccc3O)CC2)n1. The number of aliphatic carboxylic acids is 1. The lowest BCUT2D eigenvalue weighted by atomic mass is 9.96. The molecule has 1 aromatic heterocycles. The van der Waals surface area contributed by atoms with Crippen molar-refractivity contribution in [3.05, 3.63) is 41.2 Å². The summed E-state index contributed by atoms with van der Waals surface area (Å²) in [5, 5.41) is 21.6. The van der Waals surface area contributed by atoms with Crippen LogP contribution < -0.4 is 10.2 Å². The lowest BCUT2D eigenvalue weighted by Gasteiger charge is -2.31. The van der Waals surface area contributed by atoms with Crippen molar-refractivity contribution in [2.45, 2.75) is 33.1 Å². The molecule has 0 bridgehead atoms. The number of benzene rings is 1. The molecule has 28 heavy (non-hydrogen) atoms. The number of aryl methyl sites for hydroxylation is 2. The van der Waals surface area contributed by atoms with Crippen molar-refractivity contribution < 1.29 is 19.8 Å². The zero-order valence-electron chi connectivity index (χ0n) is 16.0. The summed E-state index contributed by atoms with van der Waals surface area (Å²) < 4.78 is 0. The summed E-state index contributed by atoms with van der Waals surface area (Å²) >= 11 is 0. The number of nitrogens with one attached hydrogen (secondary N) is 1.